The second-order valence-electron chi connectivity index (χ2n) is 2.82. The zero-order valence-electron chi connectivity index (χ0n) is 9.16. The third-order valence-electron chi connectivity index (χ3n) is 1.75. The number of hydrogen-bond donors (Lipinski definition) is 1. The van der Waals surface area contributed by atoms with Crippen molar-refractivity contribution in [2.75, 3.05) is 17.2 Å². The van der Waals surface area contributed by atoms with Crippen molar-refractivity contribution in [2.45, 2.75) is 11.8 Å². The normalized spacial score (nSPS) is 9.69. The van der Waals surface area contributed by atoms with E-state index in [0.29, 0.717) is 0 Å². The number of rotatable bonds is 6. The molecule has 84 valence electrons. The van der Waals surface area contributed by atoms with Gasteiger partial charge >= 0.3 is 29.6 Å². The SMILES string of the molecule is Cc1cc(NCCBr)ccc1SOO[O-].[Na+]. The topological polar surface area (TPSA) is 53.5 Å². The summed E-state index contributed by atoms with van der Waals surface area (Å²) >= 11 is 4.24. The summed E-state index contributed by atoms with van der Waals surface area (Å²) in [6, 6.07) is 5.78. The number of hydrogen-bond acceptors (Lipinski definition) is 5. The molecule has 0 fully saturated rings. The summed E-state index contributed by atoms with van der Waals surface area (Å²) in [4.78, 5) is 0.857. The molecule has 0 amide bonds. The van der Waals surface area contributed by atoms with Gasteiger partial charge in [-0.25, -0.2) is 0 Å². The van der Waals surface area contributed by atoms with Crippen LogP contribution < -0.4 is 40.1 Å². The van der Waals surface area contributed by atoms with Crippen LogP contribution >= 0.6 is 28.0 Å². The Morgan fingerprint density at radius 3 is 2.81 bits per heavy atom. The Hall–Kier alpha value is 0.730. The maximum Gasteiger partial charge on any atom is 1.00 e. The number of alkyl halides is 1. The molecule has 0 aliphatic heterocycles. The molecule has 0 saturated carbocycles. The molecule has 0 spiro atoms. The largest absolute Gasteiger partial charge is 1.00 e. The quantitative estimate of drug-likeness (QED) is 0.241. The fraction of sp³-hybridized carbons (Fsp3) is 0.333. The second-order valence-corrected chi connectivity index (χ2v) is 4.35. The van der Waals surface area contributed by atoms with E-state index in [2.05, 4.69) is 30.6 Å². The van der Waals surface area contributed by atoms with Crippen LogP contribution in [0.4, 0.5) is 5.69 Å². The Bertz CT molecular complexity index is 317. The first-order chi connectivity index (χ1) is 7.27. The van der Waals surface area contributed by atoms with Gasteiger partial charge in [0.05, 0.1) is 12.0 Å². The Morgan fingerprint density at radius 1 is 1.50 bits per heavy atom. The molecule has 1 rings (SSSR count). The van der Waals surface area contributed by atoms with Crippen LogP contribution in [0.2, 0.25) is 0 Å². The molecule has 0 bridgehead atoms. The minimum absolute atomic E-state index is 0. The van der Waals surface area contributed by atoms with Crippen LogP contribution in [-0.2, 0) is 9.37 Å². The fourth-order valence-electron chi connectivity index (χ4n) is 1.09. The Kier molecular flexibility index (Phi) is 10.2. The number of halogens is 1. The van der Waals surface area contributed by atoms with Crippen molar-refractivity contribution in [2.24, 2.45) is 0 Å². The van der Waals surface area contributed by atoms with Gasteiger partial charge in [0.2, 0.25) is 0 Å². The third-order valence-corrected chi connectivity index (χ3v) is 2.91. The molecule has 0 atom stereocenters. The number of anilines is 1. The van der Waals surface area contributed by atoms with E-state index in [4.69, 9.17) is 0 Å². The molecule has 1 aromatic rings. The van der Waals surface area contributed by atoms with E-state index >= 15 is 0 Å². The standard InChI is InChI=1S/C9H12BrNO3S.Na/c1-7-6-8(11-5-4-10)2-3-9(7)15-14-13-12;/h2-3,6,11-12H,4-5H2,1H3;/q;+1/p-1. The summed E-state index contributed by atoms with van der Waals surface area (Å²) in [7, 11) is 0. The Morgan fingerprint density at radius 2 is 2.25 bits per heavy atom. The van der Waals surface area contributed by atoms with Gasteiger partial charge in [-0.1, -0.05) is 15.9 Å². The monoisotopic (exact) mass is 315 g/mol. The van der Waals surface area contributed by atoms with Gasteiger partial charge < -0.3 is 10.6 Å². The van der Waals surface area contributed by atoms with E-state index in [-0.39, 0.29) is 29.6 Å². The van der Waals surface area contributed by atoms with Gasteiger partial charge in [-0.3, -0.25) is 5.04 Å². The minimum Gasteiger partial charge on any atom is -0.691 e. The summed E-state index contributed by atoms with van der Waals surface area (Å²) in [5.41, 5.74) is 2.07. The van der Waals surface area contributed by atoms with Gasteiger partial charge in [-0.2, -0.15) is 4.33 Å². The van der Waals surface area contributed by atoms with E-state index in [1.165, 1.54) is 0 Å². The van der Waals surface area contributed by atoms with Crippen molar-refractivity contribution in [3.8, 4) is 0 Å². The van der Waals surface area contributed by atoms with Crippen LogP contribution in [0, 0.1) is 6.92 Å². The maximum absolute atomic E-state index is 9.66. The molecule has 7 heteroatoms. The van der Waals surface area contributed by atoms with Gasteiger partial charge in [0.1, 0.15) is 0 Å². The third kappa shape index (κ3) is 5.88. The Balaban J connectivity index is 0.00000225. The first kappa shape index (κ1) is 16.7. The molecule has 0 aromatic heterocycles. The summed E-state index contributed by atoms with van der Waals surface area (Å²) in [6.45, 7) is 2.81. The molecule has 1 N–H and O–H groups in total. The van der Waals surface area contributed by atoms with Crippen LogP contribution in [0.1, 0.15) is 5.56 Å². The van der Waals surface area contributed by atoms with Crippen molar-refractivity contribution in [1.29, 1.82) is 0 Å². The molecule has 0 unspecified atom stereocenters. The summed E-state index contributed by atoms with van der Waals surface area (Å²) in [5, 5.41) is 17.1. The summed E-state index contributed by atoms with van der Waals surface area (Å²) < 4.78 is 4.25. The average molecular weight is 316 g/mol. The minimum atomic E-state index is 0. The van der Waals surface area contributed by atoms with Crippen molar-refractivity contribution < 1.29 is 44.2 Å². The van der Waals surface area contributed by atoms with Gasteiger partial charge in [0, 0.05) is 22.5 Å². The van der Waals surface area contributed by atoms with E-state index in [9.17, 15) is 5.26 Å². The van der Waals surface area contributed by atoms with E-state index < -0.39 is 0 Å². The van der Waals surface area contributed by atoms with Crippen molar-refractivity contribution in [1.82, 2.24) is 0 Å². The van der Waals surface area contributed by atoms with Crippen LogP contribution in [0.3, 0.4) is 0 Å². The molecule has 4 nitrogen and oxygen atoms in total. The summed E-state index contributed by atoms with van der Waals surface area (Å²) in [5.74, 6) is 0. The average Bonchev–Trinajstić information content (AvgIpc) is 2.25. The van der Waals surface area contributed by atoms with Gasteiger partial charge in [0.15, 0.2) is 0 Å². The molecular formula is C9H11BrNNaO3S. The van der Waals surface area contributed by atoms with E-state index in [1.807, 2.05) is 25.1 Å². The van der Waals surface area contributed by atoms with Crippen LogP contribution in [0.5, 0.6) is 0 Å². The molecular weight excluding hydrogens is 305 g/mol. The predicted molar refractivity (Wildman–Crippen MR) is 61.5 cm³/mol. The zero-order chi connectivity index (χ0) is 11.1. The molecule has 0 aliphatic carbocycles. The summed E-state index contributed by atoms with van der Waals surface area (Å²) in [6.07, 6.45) is 0. The van der Waals surface area contributed by atoms with Crippen LogP contribution in [0.15, 0.2) is 23.1 Å². The van der Waals surface area contributed by atoms with Gasteiger partial charge in [-0.05, 0) is 30.7 Å². The molecule has 0 saturated heterocycles. The molecule has 0 radical (unpaired) electrons. The number of aryl methyl sites for hydroxylation is 1. The van der Waals surface area contributed by atoms with Crippen molar-refractivity contribution in [3.05, 3.63) is 23.8 Å². The van der Waals surface area contributed by atoms with Gasteiger partial charge in [0.25, 0.3) is 0 Å². The van der Waals surface area contributed by atoms with Gasteiger partial charge in [-0.15, -0.1) is 0 Å². The number of benzene rings is 1. The fourth-order valence-corrected chi connectivity index (χ4v) is 1.71. The zero-order valence-corrected chi connectivity index (χ0v) is 13.6. The first-order valence-corrected chi connectivity index (χ1v) is 6.18. The number of nitrogens with one attached hydrogen (secondary N) is 1. The Labute approximate surface area is 130 Å². The van der Waals surface area contributed by atoms with E-state index in [1.54, 1.807) is 0 Å². The van der Waals surface area contributed by atoms with Crippen LogP contribution in [0.25, 0.3) is 0 Å². The molecule has 0 heterocycles. The second kappa shape index (κ2) is 9.73. The molecule has 16 heavy (non-hydrogen) atoms. The van der Waals surface area contributed by atoms with E-state index in [0.717, 1.165) is 40.1 Å². The first-order valence-electron chi connectivity index (χ1n) is 4.31. The smallest absolute Gasteiger partial charge is 0.691 e. The van der Waals surface area contributed by atoms with Crippen LogP contribution in [-0.4, -0.2) is 11.9 Å². The molecule has 0 aliphatic rings. The predicted octanol–water partition coefficient (Wildman–Crippen LogP) is -0.964. The maximum atomic E-state index is 9.66. The molecule has 1 aromatic carbocycles. The van der Waals surface area contributed by atoms with Crippen molar-refractivity contribution in [3.63, 3.8) is 0 Å². The van der Waals surface area contributed by atoms with Crippen molar-refractivity contribution >= 4 is 33.7 Å².